The maximum absolute atomic E-state index is 13.1. The van der Waals surface area contributed by atoms with Gasteiger partial charge in [0, 0.05) is 68.0 Å². The van der Waals surface area contributed by atoms with E-state index in [0.29, 0.717) is 25.3 Å². The van der Waals surface area contributed by atoms with E-state index < -0.39 is 6.09 Å². The molecule has 2 fully saturated rings. The minimum absolute atomic E-state index is 0.145. The van der Waals surface area contributed by atoms with Crippen LogP contribution in [0.5, 0.6) is 5.75 Å². The van der Waals surface area contributed by atoms with Crippen molar-refractivity contribution in [2.75, 3.05) is 38.5 Å². The number of amides is 2. The zero-order valence-corrected chi connectivity index (χ0v) is 23.6. The SMILES string of the molecule is Cn1cc(-c2cnc(N)c(C(=O)N[C@@H]3CCN(C(=O)Oc4cccc(-c5cnn(CCN6CCCC6)c5)c4)C3)c2)cn1. The van der Waals surface area contributed by atoms with Crippen molar-refractivity contribution in [2.24, 2.45) is 7.05 Å². The molecule has 218 valence electrons. The van der Waals surface area contributed by atoms with E-state index in [1.165, 1.54) is 25.9 Å². The zero-order chi connectivity index (χ0) is 29.1. The van der Waals surface area contributed by atoms with Crippen LogP contribution >= 0.6 is 0 Å². The second-order valence-electron chi connectivity index (χ2n) is 10.9. The first-order valence-corrected chi connectivity index (χ1v) is 14.3. The predicted octanol–water partition coefficient (Wildman–Crippen LogP) is 3.03. The van der Waals surface area contributed by atoms with Gasteiger partial charge in [-0.2, -0.15) is 10.2 Å². The van der Waals surface area contributed by atoms with E-state index >= 15 is 0 Å². The lowest BCUT2D eigenvalue weighted by Crippen LogP contribution is -2.39. The molecule has 6 rings (SSSR count). The normalized spacial score (nSPS) is 17.1. The lowest BCUT2D eigenvalue weighted by molar-refractivity contribution is 0.0937. The minimum atomic E-state index is -0.454. The predicted molar refractivity (Wildman–Crippen MR) is 158 cm³/mol. The van der Waals surface area contributed by atoms with Crippen LogP contribution in [0.3, 0.4) is 0 Å². The molecule has 3 aromatic heterocycles. The number of nitrogen functional groups attached to an aromatic ring is 1. The molecule has 4 aromatic rings. The molecule has 12 nitrogen and oxygen atoms in total. The summed E-state index contributed by atoms with van der Waals surface area (Å²) in [5.41, 5.74) is 9.79. The van der Waals surface area contributed by atoms with Crippen LogP contribution in [0.2, 0.25) is 0 Å². The minimum Gasteiger partial charge on any atom is -0.410 e. The van der Waals surface area contributed by atoms with Crippen LogP contribution in [0.1, 0.15) is 29.6 Å². The number of hydrogen-bond donors (Lipinski definition) is 2. The van der Waals surface area contributed by atoms with Crippen LogP contribution < -0.4 is 15.8 Å². The molecule has 0 spiro atoms. The fourth-order valence-electron chi connectivity index (χ4n) is 5.48. The maximum Gasteiger partial charge on any atom is 0.415 e. The van der Waals surface area contributed by atoms with Crippen molar-refractivity contribution in [3.63, 3.8) is 0 Å². The quantitative estimate of drug-likeness (QED) is 0.331. The van der Waals surface area contributed by atoms with Crippen LogP contribution in [0.25, 0.3) is 22.3 Å². The number of hydrogen-bond acceptors (Lipinski definition) is 8. The summed E-state index contributed by atoms with van der Waals surface area (Å²) >= 11 is 0. The number of nitrogens with one attached hydrogen (secondary N) is 1. The number of likely N-dealkylation sites (tertiary alicyclic amines) is 2. The summed E-state index contributed by atoms with van der Waals surface area (Å²) in [7, 11) is 1.82. The molecular formula is C30H35N9O3. The van der Waals surface area contributed by atoms with Crippen LogP contribution in [0.15, 0.2) is 61.3 Å². The van der Waals surface area contributed by atoms with Crippen LogP contribution in [-0.4, -0.2) is 85.1 Å². The molecule has 0 radical (unpaired) electrons. The monoisotopic (exact) mass is 569 g/mol. The Morgan fingerprint density at radius 2 is 1.79 bits per heavy atom. The highest BCUT2D eigenvalue weighted by Gasteiger charge is 2.29. The number of rotatable bonds is 8. The summed E-state index contributed by atoms with van der Waals surface area (Å²) in [6, 6.07) is 8.93. The van der Waals surface area contributed by atoms with Gasteiger partial charge >= 0.3 is 6.09 Å². The average molecular weight is 570 g/mol. The van der Waals surface area contributed by atoms with Crippen molar-refractivity contribution in [1.29, 1.82) is 0 Å². The van der Waals surface area contributed by atoms with E-state index in [4.69, 9.17) is 10.5 Å². The fourth-order valence-corrected chi connectivity index (χ4v) is 5.48. The molecule has 1 aromatic carbocycles. The Morgan fingerprint density at radius 3 is 2.60 bits per heavy atom. The number of aryl methyl sites for hydroxylation is 1. The highest BCUT2D eigenvalue weighted by molar-refractivity contribution is 5.99. The van der Waals surface area contributed by atoms with Gasteiger partial charge in [0.25, 0.3) is 5.91 Å². The van der Waals surface area contributed by atoms with E-state index in [-0.39, 0.29) is 23.3 Å². The second kappa shape index (κ2) is 12.0. The third-order valence-corrected chi connectivity index (χ3v) is 7.83. The summed E-state index contributed by atoms with van der Waals surface area (Å²) in [4.78, 5) is 34.3. The Balaban J connectivity index is 1.03. The number of nitrogens with two attached hydrogens (primary N) is 1. The van der Waals surface area contributed by atoms with Gasteiger partial charge in [-0.25, -0.2) is 9.78 Å². The molecule has 0 unspecified atom stereocenters. The average Bonchev–Trinajstić information content (AvgIpc) is 3.81. The third kappa shape index (κ3) is 6.28. The molecule has 12 heteroatoms. The lowest BCUT2D eigenvalue weighted by Gasteiger charge is -2.17. The van der Waals surface area contributed by atoms with Crippen molar-refractivity contribution in [2.45, 2.75) is 31.8 Å². The molecule has 2 amide bonds. The Hall–Kier alpha value is -4.71. The van der Waals surface area contributed by atoms with Crippen molar-refractivity contribution in [3.8, 4) is 28.0 Å². The number of nitrogens with zero attached hydrogens (tertiary/aromatic N) is 7. The lowest BCUT2D eigenvalue weighted by atomic mass is 10.1. The first-order chi connectivity index (χ1) is 20.4. The van der Waals surface area contributed by atoms with Gasteiger partial charge in [0.15, 0.2) is 0 Å². The van der Waals surface area contributed by atoms with Gasteiger partial charge in [-0.15, -0.1) is 0 Å². The summed E-state index contributed by atoms with van der Waals surface area (Å²) in [5, 5.41) is 11.7. The van der Waals surface area contributed by atoms with Crippen LogP contribution in [0, 0.1) is 0 Å². The van der Waals surface area contributed by atoms with E-state index in [2.05, 4.69) is 25.4 Å². The number of pyridine rings is 1. The number of ether oxygens (including phenoxy) is 1. The summed E-state index contributed by atoms with van der Waals surface area (Å²) < 4.78 is 9.35. The fraction of sp³-hybridized carbons (Fsp3) is 0.367. The molecule has 0 bridgehead atoms. The van der Waals surface area contributed by atoms with E-state index in [0.717, 1.165) is 35.3 Å². The molecule has 2 aliphatic rings. The van der Waals surface area contributed by atoms with Crippen LogP contribution in [-0.2, 0) is 13.6 Å². The third-order valence-electron chi connectivity index (χ3n) is 7.83. The van der Waals surface area contributed by atoms with Gasteiger partial charge in [-0.3, -0.25) is 14.2 Å². The zero-order valence-electron chi connectivity index (χ0n) is 23.6. The van der Waals surface area contributed by atoms with Crippen LogP contribution in [0.4, 0.5) is 10.6 Å². The van der Waals surface area contributed by atoms with Gasteiger partial charge in [0.1, 0.15) is 11.6 Å². The standard InChI is InChI=1S/C30H35N9O3/c1-36-18-23(16-33-36)22-14-27(28(31)32-15-22)29(40)35-25-7-10-38(20-25)30(41)42-26-6-4-5-21(13-26)24-17-34-39(19-24)12-11-37-8-2-3-9-37/h4-6,13-19,25H,2-3,7-12,20H2,1H3,(H2,31,32)(H,35,40)/t25-/m1/s1. The number of benzene rings is 1. The Kier molecular flexibility index (Phi) is 7.87. The highest BCUT2D eigenvalue weighted by Crippen LogP contribution is 2.25. The molecule has 3 N–H and O–H groups in total. The first-order valence-electron chi connectivity index (χ1n) is 14.3. The van der Waals surface area contributed by atoms with Gasteiger partial charge < -0.3 is 25.6 Å². The Bertz CT molecular complexity index is 1570. The van der Waals surface area contributed by atoms with Gasteiger partial charge in [-0.1, -0.05) is 12.1 Å². The number of carbonyl (C=O) groups is 2. The van der Waals surface area contributed by atoms with E-state index in [9.17, 15) is 9.59 Å². The Labute approximate surface area is 244 Å². The smallest absolute Gasteiger partial charge is 0.410 e. The Morgan fingerprint density at radius 1 is 0.976 bits per heavy atom. The molecule has 2 aliphatic heterocycles. The molecule has 42 heavy (non-hydrogen) atoms. The van der Waals surface area contributed by atoms with Crippen molar-refractivity contribution in [3.05, 3.63) is 66.9 Å². The summed E-state index contributed by atoms with van der Waals surface area (Å²) in [6.07, 6.45) is 11.7. The van der Waals surface area contributed by atoms with Gasteiger partial charge in [0.2, 0.25) is 0 Å². The largest absolute Gasteiger partial charge is 0.415 e. The van der Waals surface area contributed by atoms with Crippen molar-refractivity contribution >= 4 is 17.8 Å². The summed E-state index contributed by atoms with van der Waals surface area (Å²) in [6.45, 7) is 4.98. The molecule has 1 atom stereocenters. The summed E-state index contributed by atoms with van der Waals surface area (Å²) in [5.74, 6) is 0.270. The van der Waals surface area contributed by atoms with E-state index in [1.54, 1.807) is 34.1 Å². The molecule has 0 aliphatic carbocycles. The van der Waals surface area contributed by atoms with Crippen molar-refractivity contribution in [1.82, 2.24) is 39.7 Å². The van der Waals surface area contributed by atoms with E-state index in [1.807, 2.05) is 48.5 Å². The van der Waals surface area contributed by atoms with Crippen molar-refractivity contribution < 1.29 is 14.3 Å². The molecular weight excluding hydrogens is 534 g/mol. The topological polar surface area (TPSA) is 136 Å². The number of anilines is 1. The van der Waals surface area contributed by atoms with Gasteiger partial charge in [-0.05, 0) is 56.1 Å². The second-order valence-corrected chi connectivity index (χ2v) is 10.9. The first kappa shape index (κ1) is 27.5. The molecule has 2 saturated heterocycles. The molecule has 5 heterocycles. The molecule has 0 saturated carbocycles. The number of carbonyl (C=O) groups excluding carboxylic acids is 2. The highest BCUT2D eigenvalue weighted by atomic mass is 16.6. The number of aromatic nitrogens is 5. The maximum atomic E-state index is 13.1. The van der Waals surface area contributed by atoms with Gasteiger partial charge in [0.05, 0.1) is 24.5 Å².